The molecule has 0 aliphatic heterocycles. The molecule has 0 unspecified atom stereocenters. The highest BCUT2D eigenvalue weighted by Gasteiger charge is 2.42. The molecule has 0 amide bonds. The van der Waals surface area contributed by atoms with Crippen LogP contribution >= 0.6 is 0 Å². The molecular formula is C17H20O3. The minimum Gasteiger partial charge on any atom is -0.481 e. The van der Waals surface area contributed by atoms with Gasteiger partial charge in [-0.2, -0.15) is 0 Å². The van der Waals surface area contributed by atoms with Gasteiger partial charge in [0.25, 0.3) is 0 Å². The smallest absolute Gasteiger partial charge is 0.314 e. The van der Waals surface area contributed by atoms with Crippen molar-refractivity contribution in [1.29, 1.82) is 0 Å². The van der Waals surface area contributed by atoms with Crippen molar-refractivity contribution in [2.24, 2.45) is 0 Å². The maximum absolute atomic E-state index is 12.0. The Labute approximate surface area is 118 Å². The summed E-state index contributed by atoms with van der Waals surface area (Å²) < 4.78 is 5.76. The summed E-state index contributed by atoms with van der Waals surface area (Å²) in [6.07, 6.45) is 4.56. The molecule has 0 radical (unpaired) electrons. The lowest BCUT2D eigenvalue weighted by molar-refractivity contribution is -0.145. The van der Waals surface area contributed by atoms with Gasteiger partial charge in [0.05, 0.1) is 5.41 Å². The molecule has 3 heteroatoms. The van der Waals surface area contributed by atoms with E-state index in [1.165, 1.54) is 0 Å². The molecule has 1 fully saturated rings. The van der Waals surface area contributed by atoms with Crippen LogP contribution in [0.3, 0.4) is 0 Å². The Hall–Kier alpha value is -1.77. The van der Waals surface area contributed by atoms with E-state index in [2.05, 4.69) is 0 Å². The third-order valence-electron chi connectivity index (χ3n) is 4.82. The van der Waals surface area contributed by atoms with Crippen LogP contribution < -0.4 is 0 Å². The molecule has 106 valence electrons. The lowest BCUT2D eigenvalue weighted by Crippen LogP contribution is -2.38. The molecule has 1 aliphatic carbocycles. The molecule has 1 heterocycles. The van der Waals surface area contributed by atoms with Gasteiger partial charge < -0.3 is 9.52 Å². The van der Waals surface area contributed by atoms with Gasteiger partial charge in [0.1, 0.15) is 11.3 Å². The van der Waals surface area contributed by atoms with Crippen molar-refractivity contribution in [3.05, 3.63) is 35.1 Å². The van der Waals surface area contributed by atoms with E-state index in [9.17, 15) is 9.90 Å². The Morgan fingerprint density at radius 1 is 1.20 bits per heavy atom. The van der Waals surface area contributed by atoms with Crippen LogP contribution in [0.1, 0.15) is 49.0 Å². The number of benzene rings is 1. The number of fused-ring (bicyclic) bond motifs is 1. The molecule has 1 N–H and O–H groups in total. The Bertz CT molecular complexity index is 660. The number of carboxylic acid groups (broad SMARTS) is 1. The number of aryl methyl sites for hydroxylation is 2. The van der Waals surface area contributed by atoms with Crippen LogP contribution in [0.15, 0.2) is 22.6 Å². The molecule has 1 aromatic heterocycles. The quantitative estimate of drug-likeness (QED) is 0.884. The van der Waals surface area contributed by atoms with E-state index in [0.717, 1.165) is 60.0 Å². The second-order valence-corrected chi connectivity index (χ2v) is 5.91. The first kappa shape index (κ1) is 13.2. The molecule has 1 aromatic carbocycles. The van der Waals surface area contributed by atoms with Crippen molar-refractivity contribution < 1.29 is 14.3 Å². The zero-order valence-electron chi connectivity index (χ0n) is 12.0. The van der Waals surface area contributed by atoms with Crippen molar-refractivity contribution in [2.75, 3.05) is 0 Å². The minimum atomic E-state index is -0.737. The maximum Gasteiger partial charge on any atom is 0.314 e. The van der Waals surface area contributed by atoms with Gasteiger partial charge in [-0.1, -0.05) is 31.4 Å². The van der Waals surface area contributed by atoms with Gasteiger partial charge in [0, 0.05) is 5.39 Å². The monoisotopic (exact) mass is 272 g/mol. The zero-order valence-corrected chi connectivity index (χ0v) is 12.0. The van der Waals surface area contributed by atoms with Crippen LogP contribution in [0.5, 0.6) is 0 Å². The fraction of sp³-hybridized carbons (Fsp3) is 0.471. The molecule has 1 aliphatic rings. The molecular weight excluding hydrogens is 252 g/mol. The molecule has 0 atom stereocenters. The first-order chi connectivity index (χ1) is 9.56. The van der Waals surface area contributed by atoms with Gasteiger partial charge >= 0.3 is 5.97 Å². The second kappa shape index (κ2) is 4.65. The fourth-order valence-corrected chi connectivity index (χ4v) is 3.57. The first-order valence-corrected chi connectivity index (χ1v) is 7.29. The summed E-state index contributed by atoms with van der Waals surface area (Å²) in [7, 11) is 0. The lowest BCUT2D eigenvalue weighted by atomic mass is 9.68. The third kappa shape index (κ3) is 1.76. The number of carbonyl (C=O) groups is 1. The van der Waals surface area contributed by atoms with E-state index >= 15 is 0 Å². The van der Waals surface area contributed by atoms with Gasteiger partial charge in [-0.05, 0) is 43.9 Å². The predicted molar refractivity (Wildman–Crippen MR) is 78.1 cm³/mol. The third-order valence-corrected chi connectivity index (χ3v) is 4.82. The SMILES string of the molecule is Cc1oc2cccc(C3(C(=O)O)CCCCC3)c2c1C. The highest BCUT2D eigenvalue weighted by molar-refractivity contribution is 5.93. The molecule has 0 bridgehead atoms. The summed E-state index contributed by atoms with van der Waals surface area (Å²) in [6, 6.07) is 5.82. The van der Waals surface area contributed by atoms with Crippen LogP contribution in [-0.4, -0.2) is 11.1 Å². The van der Waals surface area contributed by atoms with Crippen molar-refractivity contribution in [2.45, 2.75) is 51.4 Å². The van der Waals surface area contributed by atoms with Crippen LogP contribution in [0.25, 0.3) is 11.0 Å². The van der Waals surface area contributed by atoms with Crippen molar-refractivity contribution in [1.82, 2.24) is 0 Å². The molecule has 2 aromatic rings. The van der Waals surface area contributed by atoms with E-state index in [1.807, 2.05) is 32.0 Å². The number of hydrogen-bond acceptors (Lipinski definition) is 2. The number of furan rings is 1. The molecule has 1 saturated carbocycles. The summed E-state index contributed by atoms with van der Waals surface area (Å²) in [5, 5.41) is 10.9. The van der Waals surface area contributed by atoms with E-state index in [0.29, 0.717) is 0 Å². The number of carboxylic acids is 1. The summed E-state index contributed by atoms with van der Waals surface area (Å²) in [4.78, 5) is 12.0. The molecule has 3 nitrogen and oxygen atoms in total. The van der Waals surface area contributed by atoms with Gasteiger partial charge in [0.2, 0.25) is 0 Å². The van der Waals surface area contributed by atoms with Crippen LogP contribution in [0, 0.1) is 13.8 Å². The predicted octanol–water partition coefficient (Wildman–Crippen LogP) is 4.34. The number of hydrogen-bond donors (Lipinski definition) is 1. The minimum absolute atomic E-state index is 0.692. The Morgan fingerprint density at radius 3 is 2.55 bits per heavy atom. The Kier molecular flexibility index (Phi) is 3.08. The summed E-state index contributed by atoms with van der Waals surface area (Å²) >= 11 is 0. The Balaban J connectivity index is 2.29. The summed E-state index contributed by atoms with van der Waals surface area (Å²) in [6.45, 7) is 3.95. The number of aliphatic carboxylic acids is 1. The van der Waals surface area contributed by atoms with Crippen LogP contribution in [0.4, 0.5) is 0 Å². The highest BCUT2D eigenvalue weighted by Crippen LogP contribution is 2.44. The van der Waals surface area contributed by atoms with Gasteiger partial charge in [-0.25, -0.2) is 0 Å². The highest BCUT2D eigenvalue weighted by atomic mass is 16.4. The van der Waals surface area contributed by atoms with Crippen LogP contribution in [0.2, 0.25) is 0 Å². The van der Waals surface area contributed by atoms with Gasteiger partial charge in [0.15, 0.2) is 0 Å². The standard InChI is InChI=1S/C17H20O3/c1-11-12(2)20-14-8-6-7-13(15(11)14)17(16(18)19)9-4-3-5-10-17/h6-8H,3-5,9-10H2,1-2H3,(H,18,19). The zero-order chi connectivity index (χ0) is 14.3. The van der Waals surface area contributed by atoms with E-state index < -0.39 is 11.4 Å². The molecule has 20 heavy (non-hydrogen) atoms. The van der Waals surface area contributed by atoms with Crippen molar-refractivity contribution in [3.8, 4) is 0 Å². The van der Waals surface area contributed by atoms with E-state index in [4.69, 9.17) is 4.42 Å². The lowest BCUT2D eigenvalue weighted by Gasteiger charge is -2.34. The largest absolute Gasteiger partial charge is 0.481 e. The fourth-order valence-electron chi connectivity index (χ4n) is 3.57. The maximum atomic E-state index is 12.0. The van der Waals surface area contributed by atoms with Gasteiger partial charge in [-0.15, -0.1) is 0 Å². The average Bonchev–Trinajstić information content (AvgIpc) is 2.75. The van der Waals surface area contributed by atoms with E-state index in [-0.39, 0.29) is 0 Å². The normalized spacial score (nSPS) is 18.3. The average molecular weight is 272 g/mol. The summed E-state index contributed by atoms with van der Waals surface area (Å²) in [5.41, 5.74) is 2.08. The van der Waals surface area contributed by atoms with Crippen molar-refractivity contribution >= 4 is 16.9 Å². The molecule has 0 saturated heterocycles. The van der Waals surface area contributed by atoms with Crippen LogP contribution in [-0.2, 0) is 10.2 Å². The molecule has 3 rings (SSSR count). The molecule has 0 spiro atoms. The Morgan fingerprint density at radius 2 is 1.90 bits per heavy atom. The topological polar surface area (TPSA) is 50.4 Å². The van der Waals surface area contributed by atoms with Gasteiger partial charge in [-0.3, -0.25) is 4.79 Å². The summed E-state index contributed by atoms with van der Waals surface area (Å²) in [5.74, 6) is 0.187. The van der Waals surface area contributed by atoms with E-state index in [1.54, 1.807) is 0 Å². The second-order valence-electron chi connectivity index (χ2n) is 5.91. The first-order valence-electron chi connectivity index (χ1n) is 7.29. The van der Waals surface area contributed by atoms with Crippen molar-refractivity contribution in [3.63, 3.8) is 0 Å². The number of rotatable bonds is 2.